The second-order valence-corrected chi connectivity index (χ2v) is 5.62. The van der Waals surface area contributed by atoms with E-state index in [9.17, 15) is 15.0 Å². The summed E-state index contributed by atoms with van der Waals surface area (Å²) in [4.78, 5) is 19.5. The average molecular weight is 324 g/mol. The van der Waals surface area contributed by atoms with E-state index in [1.807, 2.05) is 0 Å². The molecule has 0 fully saturated rings. The Kier molecular flexibility index (Phi) is 10.4. The normalized spacial score (nSPS) is 15.7. The Labute approximate surface area is 138 Å². The Hall–Kier alpha value is -2.11. The summed E-state index contributed by atoms with van der Waals surface area (Å²) in [6, 6.07) is -0.0817. The second kappa shape index (κ2) is 11.5. The molecular formula is C17H28N2O4. The highest BCUT2D eigenvalue weighted by Crippen LogP contribution is 2.09. The molecule has 0 amide bonds. The maximum atomic E-state index is 10.5. The van der Waals surface area contributed by atoms with Crippen molar-refractivity contribution in [3.05, 3.63) is 23.7 Å². The number of aliphatic imine (C=N–C) groups is 2. The summed E-state index contributed by atoms with van der Waals surface area (Å²) >= 11 is 0. The molecule has 0 heterocycles. The van der Waals surface area contributed by atoms with E-state index < -0.39 is 5.97 Å². The molecular weight excluding hydrogens is 296 g/mol. The van der Waals surface area contributed by atoms with Gasteiger partial charge in [-0.05, 0) is 52.7 Å². The number of allylic oxidation sites excluding steroid dienone is 4. The molecule has 6 heteroatoms. The molecule has 3 N–H and O–H groups in total. The predicted molar refractivity (Wildman–Crippen MR) is 93.7 cm³/mol. The Morgan fingerprint density at radius 3 is 2.04 bits per heavy atom. The van der Waals surface area contributed by atoms with Crippen LogP contribution in [0.25, 0.3) is 0 Å². The SMILES string of the molecule is C/C(O)=C/C(C)=N/CC(CCCCC(=O)O)/N=C(C)/C=C(/C)O. The number of aliphatic hydroxyl groups excluding tert-OH is 2. The van der Waals surface area contributed by atoms with Crippen molar-refractivity contribution in [3.63, 3.8) is 0 Å². The maximum Gasteiger partial charge on any atom is 0.303 e. The van der Waals surface area contributed by atoms with Crippen LogP contribution in [0.5, 0.6) is 0 Å². The van der Waals surface area contributed by atoms with Crippen molar-refractivity contribution in [2.45, 2.75) is 59.4 Å². The third kappa shape index (κ3) is 13.3. The van der Waals surface area contributed by atoms with Gasteiger partial charge in [0.15, 0.2) is 0 Å². The number of rotatable bonds is 10. The van der Waals surface area contributed by atoms with E-state index in [-0.39, 0.29) is 24.0 Å². The van der Waals surface area contributed by atoms with Crippen molar-refractivity contribution >= 4 is 17.4 Å². The number of carboxylic acid groups (broad SMARTS) is 1. The first-order valence-electron chi connectivity index (χ1n) is 7.72. The van der Waals surface area contributed by atoms with Crippen LogP contribution in [-0.2, 0) is 4.79 Å². The minimum absolute atomic E-state index is 0.0817. The topological polar surface area (TPSA) is 102 Å². The summed E-state index contributed by atoms with van der Waals surface area (Å²) in [7, 11) is 0. The summed E-state index contributed by atoms with van der Waals surface area (Å²) in [6.07, 6.45) is 5.39. The molecule has 0 aromatic heterocycles. The molecule has 1 unspecified atom stereocenters. The van der Waals surface area contributed by atoms with E-state index in [4.69, 9.17) is 5.11 Å². The van der Waals surface area contributed by atoms with E-state index >= 15 is 0 Å². The lowest BCUT2D eigenvalue weighted by atomic mass is 10.1. The van der Waals surface area contributed by atoms with Gasteiger partial charge < -0.3 is 15.3 Å². The van der Waals surface area contributed by atoms with Crippen LogP contribution in [0, 0.1) is 0 Å². The number of aliphatic hydroxyl groups is 2. The molecule has 23 heavy (non-hydrogen) atoms. The van der Waals surface area contributed by atoms with E-state index in [2.05, 4.69) is 9.98 Å². The molecule has 0 aliphatic heterocycles. The van der Waals surface area contributed by atoms with Crippen LogP contribution in [-0.4, -0.2) is 45.3 Å². The van der Waals surface area contributed by atoms with E-state index in [0.717, 1.165) is 12.8 Å². The molecule has 0 saturated carbocycles. The maximum absolute atomic E-state index is 10.5. The molecule has 0 radical (unpaired) electrons. The van der Waals surface area contributed by atoms with Crippen molar-refractivity contribution in [1.29, 1.82) is 0 Å². The molecule has 0 bridgehead atoms. The molecule has 0 spiro atoms. The second-order valence-electron chi connectivity index (χ2n) is 5.62. The summed E-state index contributed by atoms with van der Waals surface area (Å²) in [5, 5.41) is 27.2. The highest BCUT2D eigenvalue weighted by molar-refractivity contribution is 5.93. The zero-order chi connectivity index (χ0) is 17.8. The first kappa shape index (κ1) is 20.9. The number of nitrogens with zero attached hydrogens (tertiary/aromatic N) is 2. The first-order valence-corrected chi connectivity index (χ1v) is 7.72. The lowest BCUT2D eigenvalue weighted by Gasteiger charge is -2.11. The van der Waals surface area contributed by atoms with Crippen molar-refractivity contribution in [2.75, 3.05) is 6.54 Å². The molecule has 6 nitrogen and oxygen atoms in total. The average Bonchev–Trinajstić information content (AvgIpc) is 2.38. The fourth-order valence-corrected chi connectivity index (χ4v) is 2.08. The fraction of sp³-hybridized carbons (Fsp3) is 0.588. The van der Waals surface area contributed by atoms with Crippen LogP contribution in [0.4, 0.5) is 0 Å². The van der Waals surface area contributed by atoms with Gasteiger partial charge >= 0.3 is 5.97 Å². The number of aliphatic carboxylic acids is 1. The molecule has 0 aliphatic rings. The number of carbonyl (C=O) groups is 1. The van der Waals surface area contributed by atoms with Gasteiger partial charge in [0.2, 0.25) is 0 Å². The van der Waals surface area contributed by atoms with Crippen molar-refractivity contribution < 1.29 is 20.1 Å². The van der Waals surface area contributed by atoms with Gasteiger partial charge in [-0.15, -0.1) is 0 Å². The van der Waals surface area contributed by atoms with Crippen LogP contribution >= 0.6 is 0 Å². The Morgan fingerprint density at radius 1 is 0.957 bits per heavy atom. The van der Waals surface area contributed by atoms with Crippen LogP contribution in [0.1, 0.15) is 53.4 Å². The molecule has 130 valence electrons. The third-order valence-corrected chi connectivity index (χ3v) is 2.95. The van der Waals surface area contributed by atoms with Gasteiger partial charge in [-0.25, -0.2) is 0 Å². The highest BCUT2D eigenvalue weighted by Gasteiger charge is 2.08. The fourth-order valence-electron chi connectivity index (χ4n) is 2.08. The Bertz CT molecular complexity index is 497. The molecule has 0 aromatic carbocycles. The summed E-state index contributed by atoms with van der Waals surface area (Å²) in [6.45, 7) is 7.23. The Morgan fingerprint density at radius 2 is 1.52 bits per heavy atom. The molecule has 0 aromatic rings. The lowest BCUT2D eigenvalue weighted by Crippen LogP contribution is -2.13. The van der Waals surface area contributed by atoms with Gasteiger partial charge in [-0.1, -0.05) is 6.42 Å². The van der Waals surface area contributed by atoms with Crippen molar-refractivity contribution in [2.24, 2.45) is 9.98 Å². The van der Waals surface area contributed by atoms with Crippen LogP contribution in [0.3, 0.4) is 0 Å². The zero-order valence-corrected chi connectivity index (χ0v) is 14.4. The van der Waals surface area contributed by atoms with Crippen LogP contribution in [0.15, 0.2) is 33.7 Å². The monoisotopic (exact) mass is 324 g/mol. The standard InChI is InChI=1S/C17H28N2O4/c1-12(9-14(3)20)18-11-16(7-5-6-8-17(22)23)19-13(2)10-15(4)21/h9-10,16,20-21H,5-8,11H2,1-4H3,(H,22,23)/b14-9-,15-10-,18-12+,19-13+. The number of hydrogen-bond donors (Lipinski definition) is 3. The van der Waals surface area contributed by atoms with Gasteiger partial charge in [0.05, 0.1) is 24.1 Å². The number of carboxylic acids is 1. The number of hydrogen-bond acceptors (Lipinski definition) is 5. The largest absolute Gasteiger partial charge is 0.513 e. The van der Waals surface area contributed by atoms with Gasteiger partial charge in [-0.3, -0.25) is 14.8 Å². The van der Waals surface area contributed by atoms with Gasteiger partial charge in [0.1, 0.15) is 0 Å². The van der Waals surface area contributed by atoms with Gasteiger partial charge in [-0.2, -0.15) is 0 Å². The van der Waals surface area contributed by atoms with E-state index in [0.29, 0.717) is 24.4 Å². The molecule has 0 aliphatic carbocycles. The summed E-state index contributed by atoms with van der Waals surface area (Å²) in [5.41, 5.74) is 1.41. The molecule has 1 atom stereocenters. The van der Waals surface area contributed by atoms with Crippen molar-refractivity contribution in [3.8, 4) is 0 Å². The van der Waals surface area contributed by atoms with Gasteiger partial charge in [0, 0.05) is 17.8 Å². The van der Waals surface area contributed by atoms with E-state index in [1.54, 1.807) is 39.8 Å². The minimum Gasteiger partial charge on any atom is -0.513 e. The van der Waals surface area contributed by atoms with E-state index in [1.165, 1.54) is 0 Å². The summed E-state index contributed by atoms with van der Waals surface area (Å²) < 4.78 is 0. The summed E-state index contributed by atoms with van der Waals surface area (Å²) in [5.74, 6) is -0.408. The smallest absolute Gasteiger partial charge is 0.303 e. The van der Waals surface area contributed by atoms with Crippen LogP contribution in [0.2, 0.25) is 0 Å². The van der Waals surface area contributed by atoms with Gasteiger partial charge in [0.25, 0.3) is 0 Å². The lowest BCUT2D eigenvalue weighted by molar-refractivity contribution is -0.137. The quantitative estimate of drug-likeness (QED) is 0.322. The molecule has 0 rings (SSSR count). The zero-order valence-electron chi connectivity index (χ0n) is 14.4. The highest BCUT2D eigenvalue weighted by atomic mass is 16.4. The predicted octanol–water partition coefficient (Wildman–Crippen LogP) is 3.85. The Balaban J connectivity index is 4.82. The number of unbranched alkanes of at least 4 members (excludes halogenated alkanes) is 1. The first-order chi connectivity index (χ1) is 10.7. The third-order valence-electron chi connectivity index (χ3n) is 2.95. The van der Waals surface area contributed by atoms with Crippen molar-refractivity contribution in [1.82, 2.24) is 0 Å². The minimum atomic E-state index is -0.794. The molecule has 0 saturated heterocycles. The van der Waals surface area contributed by atoms with Crippen LogP contribution < -0.4 is 0 Å².